The Morgan fingerprint density at radius 2 is 1.72 bits per heavy atom. The van der Waals surface area contributed by atoms with E-state index in [-0.39, 0.29) is 11.5 Å². The van der Waals surface area contributed by atoms with E-state index in [2.05, 4.69) is 47.6 Å². The fourth-order valence-corrected chi connectivity index (χ4v) is 3.20. The molecule has 0 amide bonds. The Labute approximate surface area is 114 Å². The lowest BCUT2D eigenvalue weighted by Gasteiger charge is -2.39. The molecule has 1 N–H and O–H groups in total. The van der Waals surface area contributed by atoms with Crippen LogP contribution in [0, 0.1) is 29.1 Å². The van der Waals surface area contributed by atoms with Crippen LogP contribution in [0.3, 0.4) is 0 Å². The average Bonchev–Trinajstić information content (AvgIpc) is 2.24. The van der Waals surface area contributed by atoms with Crippen LogP contribution < -0.4 is 0 Å². The lowest BCUT2D eigenvalue weighted by Crippen LogP contribution is -2.35. The molecule has 1 aliphatic rings. The first-order chi connectivity index (χ1) is 8.20. The van der Waals surface area contributed by atoms with Crippen molar-refractivity contribution in [1.82, 2.24) is 0 Å². The first-order valence-electron chi connectivity index (χ1n) is 7.58. The van der Waals surface area contributed by atoms with Crippen LogP contribution in [-0.4, -0.2) is 11.2 Å². The quantitative estimate of drug-likeness (QED) is 0.724. The largest absolute Gasteiger partial charge is 0.389 e. The average molecular weight is 252 g/mol. The highest BCUT2D eigenvalue weighted by molar-refractivity contribution is 5.00. The van der Waals surface area contributed by atoms with E-state index >= 15 is 0 Å². The number of allylic oxidation sites excluding steroid dienone is 1. The van der Waals surface area contributed by atoms with Gasteiger partial charge in [-0.05, 0) is 41.9 Å². The molecule has 0 bridgehead atoms. The summed E-state index contributed by atoms with van der Waals surface area (Å²) in [5.41, 5.74) is 0.161. The van der Waals surface area contributed by atoms with Gasteiger partial charge >= 0.3 is 0 Å². The Morgan fingerprint density at radius 1 is 1.11 bits per heavy atom. The number of aliphatic hydroxyl groups excluding tert-OH is 1. The summed E-state index contributed by atoms with van der Waals surface area (Å²) in [6.07, 6.45) is 7.73. The Morgan fingerprint density at radius 3 is 2.22 bits per heavy atom. The van der Waals surface area contributed by atoms with Crippen LogP contribution in [0.5, 0.6) is 0 Å². The van der Waals surface area contributed by atoms with Gasteiger partial charge in [0.15, 0.2) is 0 Å². The minimum atomic E-state index is -0.264. The van der Waals surface area contributed by atoms with E-state index in [4.69, 9.17) is 0 Å². The fraction of sp³-hybridized carbons (Fsp3) is 0.882. The summed E-state index contributed by atoms with van der Waals surface area (Å²) >= 11 is 0. The smallest absolute Gasteiger partial charge is 0.0752 e. The maximum Gasteiger partial charge on any atom is 0.0752 e. The highest BCUT2D eigenvalue weighted by Gasteiger charge is 2.34. The van der Waals surface area contributed by atoms with Crippen molar-refractivity contribution in [3.8, 4) is 0 Å². The summed E-state index contributed by atoms with van der Waals surface area (Å²) in [4.78, 5) is 0. The van der Waals surface area contributed by atoms with Crippen LogP contribution in [0.1, 0.15) is 60.8 Å². The Bertz CT molecular complexity index is 272. The maximum absolute atomic E-state index is 10.5. The molecule has 1 aliphatic carbocycles. The second-order valence-corrected chi connectivity index (χ2v) is 7.71. The van der Waals surface area contributed by atoms with Crippen molar-refractivity contribution >= 4 is 0 Å². The van der Waals surface area contributed by atoms with E-state index < -0.39 is 0 Å². The molecule has 0 aromatic carbocycles. The molecule has 4 atom stereocenters. The van der Waals surface area contributed by atoms with Gasteiger partial charge < -0.3 is 5.11 Å². The van der Waals surface area contributed by atoms with Gasteiger partial charge in [-0.2, -0.15) is 0 Å². The van der Waals surface area contributed by atoms with Crippen molar-refractivity contribution in [2.24, 2.45) is 29.1 Å². The van der Waals surface area contributed by atoms with Gasteiger partial charge in [-0.1, -0.05) is 60.1 Å². The number of hydrogen-bond donors (Lipinski definition) is 1. The molecule has 1 saturated carbocycles. The van der Waals surface area contributed by atoms with Gasteiger partial charge in [0.2, 0.25) is 0 Å². The third-order valence-electron chi connectivity index (χ3n) is 4.31. The summed E-state index contributed by atoms with van der Waals surface area (Å²) in [5, 5.41) is 10.5. The molecule has 1 heteroatoms. The molecular weight excluding hydrogens is 220 g/mol. The van der Waals surface area contributed by atoms with Crippen LogP contribution in [0.2, 0.25) is 0 Å². The van der Waals surface area contributed by atoms with Crippen molar-refractivity contribution in [3.05, 3.63) is 12.2 Å². The van der Waals surface area contributed by atoms with E-state index in [1.54, 1.807) is 0 Å². The van der Waals surface area contributed by atoms with E-state index in [1.165, 1.54) is 19.3 Å². The Balaban J connectivity index is 2.72. The molecule has 1 fully saturated rings. The van der Waals surface area contributed by atoms with Gasteiger partial charge in [0.05, 0.1) is 6.10 Å². The highest BCUT2D eigenvalue weighted by Crippen LogP contribution is 2.40. The first kappa shape index (κ1) is 15.8. The zero-order chi connectivity index (χ0) is 13.9. The predicted octanol–water partition coefficient (Wildman–Crippen LogP) is 4.66. The Kier molecular flexibility index (Phi) is 5.46. The monoisotopic (exact) mass is 252 g/mol. The molecule has 1 rings (SSSR count). The summed E-state index contributed by atoms with van der Waals surface area (Å²) in [6.45, 7) is 13.5. The predicted molar refractivity (Wildman–Crippen MR) is 79.4 cm³/mol. The summed E-state index contributed by atoms with van der Waals surface area (Å²) < 4.78 is 0. The van der Waals surface area contributed by atoms with Crippen LogP contribution in [0.25, 0.3) is 0 Å². The molecule has 18 heavy (non-hydrogen) atoms. The molecule has 0 aromatic rings. The number of hydrogen-bond acceptors (Lipinski definition) is 1. The summed E-state index contributed by atoms with van der Waals surface area (Å²) in [5.74, 6) is 2.58. The fourth-order valence-electron chi connectivity index (χ4n) is 3.20. The topological polar surface area (TPSA) is 20.2 Å². The van der Waals surface area contributed by atoms with Crippen LogP contribution >= 0.6 is 0 Å². The van der Waals surface area contributed by atoms with Crippen LogP contribution in [0.15, 0.2) is 12.2 Å². The van der Waals surface area contributed by atoms with Crippen molar-refractivity contribution in [1.29, 1.82) is 0 Å². The normalized spacial score (nSPS) is 32.1. The highest BCUT2D eigenvalue weighted by atomic mass is 16.3. The minimum Gasteiger partial charge on any atom is -0.389 e. The summed E-state index contributed by atoms with van der Waals surface area (Å²) in [7, 11) is 0. The van der Waals surface area contributed by atoms with Crippen LogP contribution in [0.4, 0.5) is 0 Å². The van der Waals surface area contributed by atoms with Gasteiger partial charge in [0, 0.05) is 0 Å². The molecule has 0 saturated heterocycles. The first-order valence-corrected chi connectivity index (χ1v) is 7.58. The maximum atomic E-state index is 10.5. The van der Waals surface area contributed by atoms with Gasteiger partial charge in [-0.15, -0.1) is 0 Å². The lowest BCUT2D eigenvalue weighted by molar-refractivity contribution is 0.0422. The zero-order valence-electron chi connectivity index (χ0n) is 13.1. The van der Waals surface area contributed by atoms with E-state index in [0.29, 0.717) is 17.8 Å². The van der Waals surface area contributed by atoms with Gasteiger partial charge in [-0.25, -0.2) is 0 Å². The number of aliphatic hydroxyl groups is 1. The summed E-state index contributed by atoms with van der Waals surface area (Å²) in [6, 6.07) is 0. The minimum absolute atomic E-state index is 0.161. The molecule has 106 valence electrons. The van der Waals surface area contributed by atoms with Crippen molar-refractivity contribution < 1.29 is 5.11 Å². The molecule has 0 aromatic heterocycles. The van der Waals surface area contributed by atoms with Crippen molar-refractivity contribution in [2.75, 3.05) is 0 Å². The standard InChI is InChI=1S/C17H32O/c1-12(2)14-8-7-13(3)11-15(14)16(18)9-10-17(4,5)6/h9-10,12-16,18H,7-8,11H2,1-6H3/b10-9+/t13-,14+,15-,16-/m1/s1. The van der Waals surface area contributed by atoms with Gasteiger partial charge in [0.25, 0.3) is 0 Å². The van der Waals surface area contributed by atoms with Crippen molar-refractivity contribution in [3.63, 3.8) is 0 Å². The molecule has 0 heterocycles. The molecule has 0 aliphatic heterocycles. The second-order valence-electron chi connectivity index (χ2n) is 7.71. The van der Waals surface area contributed by atoms with Crippen LogP contribution in [-0.2, 0) is 0 Å². The van der Waals surface area contributed by atoms with E-state index in [1.807, 2.05) is 6.08 Å². The molecule has 0 spiro atoms. The zero-order valence-corrected chi connectivity index (χ0v) is 13.1. The number of rotatable bonds is 3. The van der Waals surface area contributed by atoms with E-state index in [9.17, 15) is 5.11 Å². The van der Waals surface area contributed by atoms with Crippen molar-refractivity contribution in [2.45, 2.75) is 66.9 Å². The second kappa shape index (κ2) is 6.23. The molecule has 0 radical (unpaired) electrons. The lowest BCUT2D eigenvalue weighted by atomic mass is 9.68. The third-order valence-corrected chi connectivity index (χ3v) is 4.31. The van der Waals surface area contributed by atoms with Gasteiger partial charge in [0.1, 0.15) is 0 Å². The molecule has 0 unspecified atom stereocenters. The SMILES string of the molecule is CC(C)[C@@H]1CC[C@@H](C)C[C@H]1[C@H](O)/C=C/C(C)(C)C. The Hall–Kier alpha value is -0.300. The molecule has 1 nitrogen and oxygen atoms in total. The third kappa shape index (κ3) is 4.76. The molecular formula is C17H32O. The van der Waals surface area contributed by atoms with Gasteiger partial charge in [-0.3, -0.25) is 0 Å². The van der Waals surface area contributed by atoms with E-state index in [0.717, 1.165) is 5.92 Å².